The van der Waals surface area contributed by atoms with Crippen molar-refractivity contribution in [3.63, 3.8) is 0 Å². The fraction of sp³-hybridized carbons (Fsp3) is 0.296. The highest BCUT2D eigenvalue weighted by Gasteiger charge is 2.21. The quantitative estimate of drug-likeness (QED) is 0.113. The molecule has 1 aromatic carbocycles. The minimum atomic E-state index is -0.781. The predicted molar refractivity (Wildman–Crippen MR) is 140 cm³/mol. The van der Waals surface area contributed by atoms with Gasteiger partial charge in [-0.25, -0.2) is 9.78 Å². The molecule has 4 aromatic rings. The Labute approximate surface area is 217 Å². The lowest BCUT2D eigenvalue weighted by atomic mass is 10.1. The molecule has 0 spiro atoms. The number of nitro groups is 1. The van der Waals surface area contributed by atoms with Crippen LogP contribution in [0.4, 0.5) is 5.69 Å². The van der Waals surface area contributed by atoms with Crippen molar-refractivity contribution in [2.45, 2.75) is 46.6 Å². The van der Waals surface area contributed by atoms with E-state index in [-0.39, 0.29) is 45.5 Å². The fourth-order valence-electron chi connectivity index (χ4n) is 4.21. The minimum Gasteiger partial charge on any atom is -0.462 e. The predicted octanol–water partition coefficient (Wildman–Crippen LogP) is 3.97. The molecule has 0 aliphatic carbocycles. The number of pyridine rings is 2. The Hall–Kier alpha value is -4.67. The summed E-state index contributed by atoms with van der Waals surface area (Å²) in [6, 6.07) is 10.1. The van der Waals surface area contributed by atoms with Crippen LogP contribution in [-0.4, -0.2) is 37.4 Å². The number of carbonyl (C=O) groups excluding carboxylic acids is 2. The highest BCUT2D eigenvalue weighted by molar-refractivity contribution is 5.97. The topological polar surface area (TPSA) is 138 Å². The fourth-order valence-corrected chi connectivity index (χ4v) is 4.21. The van der Waals surface area contributed by atoms with E-state index in [1.165, 1.54) is 28.7 Å². The molecule has 0 radical (unpaired) electrons. The van der Waals surface area contributed by atoms with Gasteiger partial charge >= 0.3 is 5.97 Å². The van der Waals surface area contributed by atoms with Gasteiger partial charge in [0.2, 0.25) is 0 Å². The highest BCUT2D eigenvalue weighted by atomic mass is 16.6. The summed E-state index contributed by atoms with van der Waals surface area (Å²) < 4.78 is 8.25. The van der Waals surface area contributed by atoms with Crippen molar-refractivity contribution in [2.24, 2.45) is 4.99 Å². The summed E-state index contributed by atoms with van der Waals surface area (Å²) in [6.07, 6.45) is 4.03. The van der Waals surface area contributed by atoms with E-state index in [4.69, 9.17) is 9.72 Å². The van der Waals surface area contributed by atoms with Crippen LogP contribution in [0.15, 0.2) is 58.4 Å². The third kappa shape index (κ3) is 5.08. The molecule has 0 aliphatic heterocycles. The van der Waals surface area contributed by atoms with Crippen LogP contribution in [0.1, 0.15) is 59.4 Å². The second-order valence-corrected chi connectivity index (χ2v) is 8.72. The van der Waals surface area contributed by atoms with E-state index in [1.54, 1.807) is 23.8 Å². The maximum Gasteiger partial charge on any atom is 0.341 e. The van der Waals surface area contributed by atoms with Gasteiger partial charge in [0.15, 0.2) is 5.49 Å². The van der Waals surface area contributed by atoms with E-state index in [2.05, 4.69) is 4.99 Å². The van der Waals surface area contributed by atoms with Gasteiger partial charge in [0.1, 0.15) is 16.9 Å². The average Bonchev–Trinajstić information content (AvgIpc) is 2.90. The molecule has 0 fully saturated rings. The van der Waals surface area contributed by atoms with E-state index in [0.717, 1.165) is 24.5 Å². The number of unbranched alkanes of at least 4 members (excludes halogenated alkanes) is 2. The molecule has 196 valence electrons. The summed E-state index contributed by atoms with van der Waals surface area (Å²) in [6.45, 7) is 5.91. The second-order valence-electron chi connectivity index (χ2n) is 8.72. The zero-order valence-corrected chi connectivity index (χ0v) is 21.3. The van der Waals surface area contributed by atoms with E-state index < -0.39 is 16.8 Å². The standard InChI is InChI=1S/C27H27N5O6/c1-4-6-7-13-30-23-20(26(34)31-14-9-10-17(3)22(31)28-23)16-21(27(35)38-5-2)24(30)29-25(33)18-11-8-12-19(15-18)32(36)37/h8-12,14-16H,4-7,13H2,1-3H3. The van der Waals surface area contributed by atoms with Crippen LogP contribution >= 0.6 is 0 Å². The van der Waals surface area contributed by atoms with Gasteiger partial charge in [-0.15, -0.1) is 0 Å². The molecule has 0 saturated heterocycles. The van der Waals surface area contributed by atoms with Crippen molar-refractivity contribution in [1.29, 1.82) is 0 Å². The Balaban J connectivity index is 2.10. The average molecular weight is 518 g/mol. The maximum atomic E-state index is 13.5. The molecule has 4 rings (SSSR count). The van der Waals surface area contributed by atoms with Crippen molar-refractivity contribution in [3.05, 3.63) is 91.3 Å². The maximum absolute atomic E-state index is 13.5. The summed E-state index contributed by atoms with van der Waals surface area (Å²) >= 11 is 0. The number of hydrogen-bond donors (Lipinski definition) is 0. The number of amides is 1. The lowest BCUT2D eigenvalue weighted by molar-refractivity contribution is -0.384. The summed E-state index contributed by atoms with van der Waals surface area (Å²) in [5.41, 5.74) is 0.745. The second kappa shape index (κ2) is 11.2. The van der Waals surface area contributed by atoms with Gasteiger partial charge in [-0.2, -0.15) is 4.99 Å². The number of aryl methyl sites for hydroxylation is 2. The number of hydrogen-bond acceptors (Lipinski definition) is 7. The molecule has 11 nitrogen and oxygen atoms in total. The van der Waals surface area contributed by atoms with Crippen LogP contribution in [-0.2, 0) is 11.3 Å². The first-order chi connectivity index (χ1) is 18.3. The van der Waals surface area contributed by atoms with Gasteiger partial charge in [-0.3, -0.25) is 24.1 Å². The van der Waals surface area contributed by atoms with Gasteiger partial charge < -0.3 is 9.30 Å². The van der Waals surface area contributed by atoms with Gasteiger partial charge in [0, 0.05) is 30.4 Å². The highest BCUT2D eigenvalue weighted by Crippen LogP contribution is 2.16. The first-order valence-corrected chi connectivity index (χ1v) is 12.3. The molecule has 3 aromatic heterocycles. The summed E-state index contributed by atoms with van der Waals surface area (Å²) in [4.78, 5) is 59.4. The molecule has 0 bridgehead atoms. The molecular weight excluding hydrogens is 490 g/mol. The van der Waals surface area contributed by atoms with Crippen molar-refractivity contribution < 1.29 is 19.2 Å². The van der Waals surface area contributed by atoms with Crippen LogP contribution in [0, 0.1) is 17.0 Å². The largest absolute Gasteiger partial charge is 0.462 e. The molecule has 3 heterocycles. The monoisotopic (exact) mass is 517 g/mol. The van der Waals surface area contributed by atoms with Crippen LogP contribution in [0.5, 0.6) is 0 Å². The third-order valence-corrected chi connectivity index (χ3v) is 6.10. The number of non-ortho nitro benzene ring substituents is 1. The number of esters is 1. The first kappa shape index (κ1) is 26.4. The van der Waals surface area contributed by atoms with Crippen LogP contribution in [0.25, 0.3) is 16.7 Å². The molecule has 0 aliphatic rings. The molecule has 0 N–H and O–H groups in total. The Morgan fingerprint density at radius 3 is 2.61 bits per heavy atom. The molecule has 0 unspecified atom stereocenters. The van der Waals surface area contributed by atoms with Crippen LogP contribution in [0.2, 0.25) is 0 Å². The third-order valence-electron chi connectivity index (χ3n) is 6.10. The van der Waals surface area contributed by atoms with E-state index in [1.807, 2.05) is 19.9 Å². The van der Waals surface area contributed by atoms with Crippen molar-refractivity contribution in [3.8, 4) is 0 Å². The van der Waals surface area contributed by atoms with Gasteiger partial charge in [0.25, 0.3) is 17.2 Å². The summed E-state index contributed by atoms with van der Waals surface area (Å²) in [5.74, 6) is -1.53. The molecule has 0 saturated carbocycles. The van der Waals surface area contributed by atoms with Crippen LogP contribution in [0.3, 0.4) is 0 Å². The molecule has 0 atom stereocenters. The van der Waals surface area contributed by atoms with Crippen molar-refractivity contribution >= 4 is 34.2 Å². The van der Waals surface area contributed by atoms with E-state index >= 15 is 0 Å². The molecule has 38 heavy (non-hydrogen) atoms. The Kier molecular flexibility index (Phi) is 7.75. The Morgan fingerprint density at radius 2 is 1.89 bits per heavy atom. The lowest BCUT2D eigenvalue weighted by Crippen LogP contribution is -2.33. The van der Waals surface area contributed by atoms with Gasteiger partial charge in [-0.05, 0) is 44.0 Å². The normalized spacial score (nSPS) is 11.7. The zero-order chi connectivity index (χ0) is 27.4. The number of rotatable bonds is 8. The number of nitro benzene ring substituents is 1. The number of aromatic nitrogens is 3. The Morgan fingerprint density at radius 1 is 1.11 bits per heavy atom. The number of ether oxygens (including phenoxy) is 1. The molecule has 1 amide bonds. The SMILES string of the molecule is CCCCCn1c(=NC(=O)c2cccc([N+](=O)[O-])c2)c(C(=O)OCC)cc2c(=O)n3cccc(C)c3nc21. The molecule has 11 heteroatoms. The van der Waals surface area contributed by atoms with E-state index in [9.17, 15) is 24.5 Å². The number of fused-ring (bicyclic) bond motifs is 2. The van der Waals surface area contributed by atoms with Crippen molar-refractivity contribution in [2.75, 3.05) is 6.61 Å². The van der Waals surface area contributed by atoms with Gasteiger partial charge in [-0.1, -0.05) is 31.9 Å². The number of benzene rings is 1. The minimum absolute atomic E-state index is 0.0170. The summed E-state index contributed by atoms with van der Waals surface area (Å²) in [5, 5.41) is 11.4. The number of nitrogens with zero attached hydrogens (tertiary/aromatic N) is 5. The van der Waals surface area contributed by atoms with E-state index in [0.29, 0.717) is 18.6 Å². The number of carbonyl (C=O) groups is 2. The Bertz CT molecular complexity index is 1700. The summed E-state index contributed by atoms with van der Waals surface area (Å²) in [7, 11) is 0. The first-order valence-electron chi connectivity index (χ1n) is 12.3. The lowest BCUT2D eigenvalue weighted by Gasteiger charge is -2.15. The van der Waals surface area contributed by atoms with Crippen LogP contribution < -0.4 is 11.0 Å². The smallest absolute Gasteiger partial charge is 0.341 e. The van der Waals surface area contributed by atoms with Crippen molar-refractivity contribution in [1.82, 2.24) is 14.0 Å². The van der Waals surface area contributed by atoms with Gasteiger partial charge in [0.05, 0.1) is 16.9 Å². The molecular formula is C27H27N5O6. The zero-order valence-electron chi connectivity index (χ0n) is 21.3.